The van der Waals surface area contributed by atoms with Gasteiger partial charge < -0.3 is 15.1 Å². The van der Waals surface area contributed by atoms with Crippen LogP contribution in [0.15, 0.2) is 24.3 Å². The highest BCUT2D eigenvalue weighted by atomic mass is 35.5. The number of likely N-dealkylation sites (tertiary alicyclic amines) is 1. The maximum absolute atomic E-state index is 13.4. The molecule has 0 saturated carbocycles. The van der Waals surface area contributed by atoms with Crippen molar-refractivity contribution in [2.45, 2.75) is 58.5 Å². The molecular weight excluding hydrogens is 386 g/mol. The fraction of sp³-hybridized carbons (Fsp3) is 0.652. The van der Waals surface area contributed by atoms with Crippen LogP contribution in [0.1, 0.15) is 50.7 Å². The van der Waals surface area contributed by atoms with E-state index in [1.165, 1.54) is 17.5 Å². The summed E-state index contributed by atoms with van der Waals surface area (Å²) in [5, 5.41) is 3.22. The molecule has 1 unspecified atom stereocenters. The van der Waals surface area contributed by atoms with Crippen LogP contribution in [-0.4, -0.2) is 54.3 Å². The standard InChI is InChI=1S/C23H35N3O2.ClH/c1-17(2)14-22(27)26-16-20-7-5-4-6-19(20)15-21(26)23(28)25-12-9-18(10-13-25)8-11-24-3;/h4-7,17-18,21,24H,8-16H2,1-3H3;1H. The lowest BCUT2D eigenvalue weighted by Crippen LogP contribution is -2.55. The normalized spacial score (nSPS) is 19.7. The molecule has 1 N–H and O–H groups in total. The summed E-state index contributed by atoms with van der Waals surface area (Å²) in [6.45, 7) is 7.34. The lowest BCUT2D eigenvalue weighted by molar-refractivity contribution is -0.148. The fourth-order valence-corrected chi connectivity index (χ4v) is 4.47. The van der Waals surface area contributed by atoms with Gasteiger partial charge in [0.1, 0.15) is 6.04 Å². The third-order valence-corrected chi connectivity index (χ3v) is 6.17. The number of benzene rings is 1. The van der Waals surface area contributed by atoms with Gasteiger partial charge in [0.05, 0.1) is 0 Å². The first kappa shape index (κ1) is 23.7. The van der Waals surface area contributed by atoms with Gasteiger partial charge in [0, 0.05) is 32.5 Å². The van der Waals surface area contributed by atoms with Gasteiger partial charge in [-0.25, -0.2) is 0 Å². The van der Waals surface area contributed by atoms with Crippen LogP contribution in [0.3, 0.4) is 0 Å². The third kappa shape index (κ3) is 5.95. The molecule has 5 nitrogen and oxygen atoms in total. The van der Waals surface area contributed by atoms with Crippen LogP contribution in [0, 0.1) is 11.8 Å². The van der Waals surface area contributed by atoms with Gasteiger partial charge in [-0.2, -0.15) is 0 Å². The van der Waals surface area contributed by atoms with Crippen molar-refractivity contribution in [2.24, 2.45) is 11.8 Å². The monoisotopic (exact) mass is 421 g/mol. The first-order chi connectivity index (χ1) is 13.5. The summed E-state index contributed by atoms with van der Waals surface area (Å²) in [4.78, 5) is 30.2. The summed E-state index contributed by atoms with van der Waals surface area (Å²) >= 11 is 0. The Kier molecular flexibility index (Phi) is 8.97. The molecule has 2 amide bonds. The molecular formula is C23H36ClN3O2. The smallest absolute Gasteiger partial charge is 0.245 e. The van der Waals surface area contributed by atoms with Crippen molar-refractivity contribution in [2.75, 3.05) is 26.7 Å². The van der Waals surface area contributed by atoms with Gasteiger partial charge in [0.15, 0.2) is 0 Å². The number of fused-ring (bicyclic) bond motifs is 1. The summed E-state index contributed by atoms with van der Waals surface area (Å²) in [5.74, 6) is 1.23. The SMILES string of the molecule is CNCCC1CCN(C(=O)C2Cc3ccccc3CN2C(=O)CC(C)C)CC1.Cl. The Bertz CT molecular complexity index is 686. The van der Waals surface area contributed by atoms with E-state index in [4.69, 9.17) is 0 Å². The van der Waals surface area contributed by atoms with E-state index in [-0.39, 0.29) is 30.3 Å². The molecule has 1 saturated heterocycles. The van der Waals surface area contributed by atoms with Crippen molar-refractivity contribution in [3.8, 4) is 0 Å². The number of halogens is 1. The van der Waals surface area contributed by atoms with Crippen LogP contribution in [-0.2, 0) is 22.6 Å². The number of piperidine rings is 1. The van der Waals surface area contributed by atoms with Crippen molar-refractivity contribution in [3.05, 3.63) is 35.4 Å². The first-order valence-electron chi connectivity index (χ1n) is 10.8. The summed E-state index contributed by atoms with van der Waals surface area (Å²) in [7, 11) is 1.99. The van der Waals surface area contributed by atoms with E-state index in [0.717, 1.165) is 32.5 Å². The topological polar surface area (TPSA) is 52.7 Å². The minimum atomic E-state index is -0.352. The van der Waals surface area contributed by atoms with E-state index in [0.29, 0.717) is 31.2 Å². The summed E-state index contributed by atoms with van der Waals surface area (Å²) < 4.78 is 0. The van der Waals surface area contributed by atoms with Crippen molar-refractivity contribution in [1.29, 1.82) is 0 Å². The molecule has 1 aromatic carbocycles. The van der Waals surface area contributed by atoms with E-state index in [1.807, 2.05) is 29.0 Å². The van der Waals surface area contributed by atoms with Gasteiger partial charge in [-0.05, 0) is 55.8 Å². The number of hydrogen-bond acceptors (Lipinski definition) is 3. The van der Waals surface area contributed by atoms with E-state index in [1.54, 1.807) is 0 Å². The van der Waals surface area contributed by atoms with Crippen LogP contribution in [0.2, 0.25) is 0 Å². The minimum absolute atomic E-state index is 0. The molecule has 0 aromatic heterocycles. The Balaban J connectivity index is 0.00000300. The van der Waals surface area contributed by atoms with Crippen molar-refractivity contribution < 1.29 is 9.59 Å². The number of rotatable bonds is 6. The second-order valence-corrected chi connectivity index (χ2v) is 8.77. The van der Waals surface area contributed by atoms with Gasteiger partial charge >= 0.3 is 0 Å². The third-order valence-electron chi connectivity index (χ3n) is 6.17. The summed E-state index contributed by atoms with van der Waals surface area (Å²) in [5.41, 5.74) is 2.38. The quantitative estimate of drug-likeness (QED) is 0.767. The molecule has 0 spiro atoms. The maximum Gasteiger partial charge on any atom is 0.245 e. The number of nitrogens with one attached hydrogen (secondary N) is 1. The van der Waals surface area contributed by atoms with Gasteiger partial charge in [-0.15, -0.1) is 12.4 Å². The molecule has 0 aliphatic carbocycles. The van der Waals surface area contributed by atoms with Crippen LogP contribution >= 0.6 is 12.4 Å². The summed E-state index contributed by atoms with van der Waals surface area (Å²) in [6, 6.07) is 7.87. The van der Waals surface area contributed by atoms with Crippen molar-refractivity contribution in [1.82, 2.24) is 15.1 Å². The van der Waals surface area contributed by atoms with Crippen molar-refractivity contribution in [3.63, 3.8) is 0 Å². The molecule has 0 bridgehead atoms. The molecule has 1 atom stereocenters. The second kappa shape index (κ2) is 11.0. The summed E-state index contributed by atoms with van der Waals surface area (Å²) in [6.07, 6.45) is 4.44. The van der Waals surface area contributed by atoms with Crippen LogP contribution < -0.4 is 5.32 Å². The van der Waals surface area contributed by atoms with Gasteiger partial charge in [0.25, 0.3) is 0 Å². The largest absolute Gasteiger partial charge is 0.341 e. The predicted molar refractivity (Wildman–Crippen MR) is 119 cm³/mol. The molecule has 1 aromatic rings. The lowest BCUT2D eigenvalue weighted by Gasteiger charge is -2.41. The number of hydrogen-bond donors (Lipinski definition) is 1. The number of amides is 2. The van der Waals surface area contributed by atoms with Crippen LogP contribution in [0.5, 0.6) is 0 Å². The highest BCUT2D eigenvalue weighted by Crippen LogP contribution is 2.28. The van der Waals surface area contributed by atoms with Gasteiger partial charge in [-0.3, -0.25) is 9.59 Å². The number of carbonyl (C=O) groups is 2. The molecule has 1 fully saturated rings. The number of carbonyl (C=O) groups excluding carboxylic acids is 2. The van der Waals surface area contributed by atoms with E-state index in [2.05, 4.69) is 31.3 Å². The molecule has 162 valence electrons. The second-order valence-electron chi connectivity index (χ2n) is 8.77. The Morgan fingerprint density at radius 2 is 1.79 bits per heavy atom. The molecule has 0 radical (unpaired) electrons. The predicted octanol–water partition coefficient (Wildman–Crippen LogP) is 3.26. The average molecular weight is 422 g/mol. The fourth-order valence-electron chi connectivity index (χ4n) is 4.47. The van der Waals surface area contributed by atoms with Crippen LogP contribution in [0.25, 0.3) is 0 Å². The molecule has 2 aliphatic heterocycles. The Morgan fingerprint density at radius 1 is 1.14 bits per heavy atom. The van der Waals surface area contributed by atoms with Crippen molar-refractivity contribution >= 4 is 24.2 Å². The Morgan fingerprint density at radius 3 is 2.41 bits per heavy atom. The Labute approximate surface area is 181 Å². The highest BCUT2D eigenvalue weighted by molar-refractivity contribution is 5.88. The molecule has 2 aliphatic rings. The molecule has 2 heterocycles. The van der Waals surface area contributed by atoms with Gasteiger partial charge in [-0.1, -0.05) is 38.1 Å². The Hall–Kier alpha value is -1.59. The lowest BCUT2D eigenvalue weighted by atomic mass is 9.90. The maximum atomic E-state index is 13.4. The van der Waals surface area contributed by atoms with Gasteiger partial charge in [0.2, 0.25) is 11.8 Å². The first-order valence-corrected chi connectivity index (χ1v) is 10.8. The minimum Gasteiger partial charge on any atom is -0.341 e. The average Bonchev–Trinajstić information content (AvgIpc) is 2.70. The van der Waals surface area contributed by atoms with E-state index >= 15 is 0 Å². The zero-order valence-electron chi connectivity index (χ0n) is 18.0. The number of nitrogens with zero attached hydrogens (tertiary/aromatic N) is 2. The zero-order valence-corrected chi connectivity index (χ0v) is 18.8. The molecule has 6 heteroatoms. The van der Waals surface area contributed by atoms with E-state index < -0.39 is 0 Å². The zero-order chi connectivity index (χ0) is 20.1. The molecule has 3 rings (SSSR count). The van der Waals surface area contributed by atoms with Crippen LogP contribution in [0.4, 0.5) is 0 Å². The van der Waals surface area contributed by atoms with E-state index in [9.17, 15) is 9.59 Å². The molecule has 29 heavy (non-hydrogen) atoms. The highest BCUT2D eigenvalue weighted by Gasteiger charge is 2.37.